The highest BCUT2D eigenvalue weighted by Crippen LogP contribution is 2.28. The zero-order chi connectivity index (χ0) is 13.8. The van der Waals surface area contributed by atoms with Crippen LogP contribution in [0.1, 0.15) is 47.5 Å². The highest BCUT2D eigenvalue weighted by atomic mass is 15.1. The Balaban J connectivity index is 3.11. The van der Waals surface area contributed by atoms with E-state index < -0.39 is 0 Å². The van der Waals surface area contributed by atoms with Crippen LogP contribution in [0, 0.1) is 5.41 Å². The van der Waals surface area contributed by atoms with E-state index >= 15 is 0 Å². The average molecular weight is 245 g/mol. The van der Waals surface area contributed by atoms with Crippen molar-refractivity contribution in [3.63, 3.8) is 0 Å². The van der Waals surface area contributed by atoms with Crippen molar-refractivity contribution in [2.24, 2.45) is 5.41 Å². The van der Waals surface area contributed by atoms with Crippen molar-refractivity contribution in [2.75, 3.05) is 6.54 Å². The smallest absolute Gasteiger partial charge is 0.0407 e. The van der Waals surface area contributed by atoms with Crippen molar-refractivity contribution in [1.82, 2.24) is 4.90 Å². The predicted octanol–water partition coefficient (Wildman–Crippen LogP) is 5.05. The third-order valence-electron chi connectivity index (χ3n) is 3.45. The Hall–Kier alpha value is -1.24. The number of hydrogen-bond donors (Lipinski definition) is 0. The molecule has 0 unspecified atom stereocenters. The van der Waals surface area contributed by atoms with Gasteiger partial charge >= 0.3 is 0 Å². The third kappa shape index (κ3) is 3.90. The molecule has 100 valence electrons. The van der Waals surface area contributed by atoms with Crippen molar-refractivity contribution in [1.29, 1.82) is 0 Å². The van der Waals surface area contributed by atoms with E-state index in [-0.39, 0.29) is 5.41 Å². The topological polar surface area (TPSA) is 3.24 Å². The molecule has 0 radical (unpaired) electrons. The fourth-order valence-electron chi connectivity index (χ4n) is 2.09. The molecular formula is C17H27N. The first-order chi connectivity index (χ1) is 8.39. The molecule has 0 aromatic heterocycles. The summed E-state index contributed by atoms with van der Waals surface area (Å²) in [4.78, 5) is 2.30. The Kier molecular flexibility index (Phi) is 5.01. The first-order valence-electron chi connectivity index (χ1n) is 6.92. The van der Waals surface area contributed by atoms with Gasteiger partial charge in [0.25, 0.3) is 0 Å². The summed E-state index contributed by atoms with van der Waals surface area (Å²) in [6.45, 7) is 16.2. The summed E-state index contributed by atoms with van der Waals surface area (Å²) in [6, 6.07) is 0. The van der Waals surface area contributed by atoms with Gasteiger partial charge < -0.3 is 4.90 Å². The largest absolute Gasteiger partial charge is 0.346 e. The van der Waals surface area contributed by atoms with E-state index in [2.05, 4.69) is 70.4 Å². The molecule has 0 heterocycles. The van der Waals surface area contributed by atoms with Crippen molar-refractivity contribution in [2.45, 2.75) is 47.5 Å². The van der Waals surface area contributed by atoms with Crippen molar-refractivity contribution in [3.05, 3.63) is 47.9 Å². The minimum atomic E-state index is 0.230. The second-order valence-electron chi connectivity index (χ2n) is 5.71. The van der Waals surface area contributed by atoms with E-state index in [4.69, 9.17) is 0 Å². The Morgan fingerprint density at radius 2 is 2.06 bits per heavy atom. The van der Waals surface area contributed by atoms with Crippen molar-refractivity contribution >= 4 is 0 Å². The molecule has 0 amide bonds. The fourth-order valence-corrected chi connectivity index (χ4v) is 2.09. The van der Waals surface area contributed by atoms with Crippen LogP contribution < -0.4 is 0 Å². The third-order valence-corrected chi connectivity index (χ3v) is 3.45. The van der Waals surface area contributed by atoms with Gasteiger partial charge in [-0.1, -0.05) is 45.1 Å². The lowest BCUT2D eigenvalue weighted by Gasteiger charge is -2.28. The number of likely N-dealkylation sites (N-methyl/N-ethyl adjacent to an activating group) is 1. The number of hydrogen-bond acceptors (Lipinski definition) is 1. The van der Waals surface area contributed by atoms with E-state index in [0.717, 1.165) is 19.4 Å². The lowest BCUT2D eigenvalue weighted by molar-refractivity contribution is 0.443. The minimum Gasteiger partial charge on any atom is -0.346 e. The summed E-state index contributed by atoms with van der Waals surface area (Å²) >= 11 is 0. The van der Waals surface area contributed by atoms with Gasteiger partial charge in [-0.2, -0.15) is 0 Å². The van der Waals surface area contributed by atoms with Crippen LogP contribution in [-0.4, -0.2) is 11.4 Å². The Labute approximate surface area is 113 Å². The summed E-state index contributed by atoms with van der Waals surface area (Å²) in [7, 11) is 0. The first kappa shape index (κ1) is 14.8. The molecule has 0 saturated carbocycles. The van der Waals surface area contributed by atoms with Gasteiger partial charge in [-0.15, -0.1) is 0 Å². The molecule has 1 aliphatic carbocycles. The highest BCUT2D eigenvalue weighted by Gasteiger charge is 2.16. The summed E-state index contributed by atoms with van der Waals surface area (Å²) < 4.78 is 0. The maximum Gasteiger partial charge on any atom is 0.0407 e. The van der Waals surface area contributed by atoms with E-state index in [1.807, 2.05) is 0 Å². The maximum atomic E-state index is 4.17. The number of allylic oxidation sites excluding steroid dienone is 6. The zero-order valence-corrected chi connectivity index (χ0v) is 12.6. The van der Waals surface area contributed by atoms with E-state index in [1.165, 1.54) is 17.0 Å². The van der Waals surface area contributed by atoms with Crippen LogP contribution in [0.25, 0.3) is 0 Å². The molecule has 18 heavy (non-hydrogen) atoms. The summed E-state index contributed by atoms with van der Waals surface area (Å²) in [5, 5.41) is 0. The van der Waals surface area contributed by atoms with E-state index in [9.17, 15) is 0 Å². The van der Waals surface area contributed by atoms with Gasteiger partial charge in [0, 0.05) is 17.9 Å². The lowest BCUT2D eigenvalue weighted by atomic mass is 9.86. The molecule has 0 fully saturated rings. The molecule has 0 aliphatic heterocycles. The Morgan fingerprint density at radius 3 is 2.61 bits per heavy atom. The summed E-state index contributed by atoms with van der Waals surface area (Å²) in [5.74, 6) is 0. The van der Waals surface area contributed by atoms with Crippen LogP contribution in [-0.2, 0) is 0 Å². The molecular weight excluding hydrogens is 218 g/mol. The average Bonchev–Trinajstić information content (AvgIpc) is 2.32. The Morgan fingerprint density at radius 1 is 1.39 bits per heavy atom. The molecule has 0 aromatic rings. The Bertz CT molecular complexity index is 394. The second-order valence-corrected chi connectivity index (χ2v) is 5.71. The van der Waals surface area contributed by atoms with E-state index in [1.54, 1.807) is 0 Å². The molecule has 1 nitrogen and oxygen atoms in total. The molecule has 0 spiro atoms. The molecule has 1 aliphatic rings. The quantitative estimate of drug-likeness (QED) is 0.670. The second kappa shape index (κ2) is 6.08. The van der Waals surface area contributed by atoms with Crippen molar-refractivity contribution in [3.8, 4) is 0 Å². The normalized spacial score (nSPS) is 21.4. The first-order valence-corrected chi connectivity index (χ1v) is 6.92. The molecule has 0 saturated heterocycles. The SMILES string of the molecule is C=C(CC)N(CC)C1=C/C(C)=C/CC(C)(C)C=C1. The minimum absolute atomic E-state index is 0.230. The van der Waals surface area contributed by atoms with Crippen LogP contribution in [0.15, 0.2) is 47.9 Å². The van der Waals surface area contributed by atoms with Crippen LogP contribution in [0.4, 0.5) is 0 Å². The van der Waals surface area contributed by atoms with Crippen molar-refractivity contribution < 1.29 is 0 Å². The van der Waals surface area contributed by atoms with Crippen LogP contribution in [0.3, 0.4) is 0 Å². The standard InChI is InChI=1S/C17H27N/c1-7-15(4)18(8-2)16-10-12-17(5,6)11-9-14(3)13-16/h9-10,12-13H,4,7-8,11H2,1-3,5-6H3/b12-10?,14-9+,16-13?. The number of nitrogens with zero attached hydrogens (tertiary/aromatic N) is 1. The van der Waals surface area contributed by atoms with Crippen LogP contribution >= 0.6 is 0 Å². The van der Waals surface area contributed by atoms with Crippen LogP contribution in [0.5, 0.6) is 0 Å². The van der Waals surface area contributed by atoms with Gasteiger partial charge in [-0.3, -0.25) is 0 Å². The van der Waals surface area contributed by atoms with Gasteiger partial charge in [0.15, 0.2) is 0 Å². The maximum absolute atomic E-state index is 4.17. The van der Waals surface area contributed by atoms with Gasteiger partial charge in [0.1, 0.15) is 0 Å². The van der Waals surface area contributed by atoms with Gasteiger partial charge in [0.05, 0.1) is 0 Å². The summed E-state index contributed by atoms with van der Waals surface area (Å²) in [5.41, 5.74) is 4.00. The lowest BCUT2D eigenvalue weighted by Crippen LogP contribution is -2.21. The zero-order valence-electron chi connectivity index (χ0n) is 12.6. The van der Waals surface area contributed by atoms with Gasteiger partial charge in [-0.05, 0) is 44.3 Å². The highest BCUT2D eigenvalue weighted by molar-refractivity contribution is 5.33. The number of rotatable bonds is 4. The molecule has 1 heteroatoms. The fraction of sp³-hybridized carbons (Fsp3) is 0.529. The van der Waals surface area contributed by atoms with Crippen LogP contribution in [0.2, 0.25) is 0 Å². The predicted molar refractivity (Wildman–Crippen MR) is 81.2 cm³/mol. The molecule has 0 N–H and O–H groups in total. The van der Waals surface area contributed by atoms with Gasteiger partial charge in [0.2, 0.25) is 0 Å². The molecule has 0 atom stereocenters. The van der Waals surface area contributed by atoms with Gasteiger partial charge in [-0.25, -0.2) is 0 Å². The molecule has 0 aromatic carbocycles. The molecule has 0 bridgehead atoms. The monoisotopic (exact) mass is 245 g/mol. The van der Waals surface area contributed by atoms with E-state index in [0.29, 0.717) is 0 Å². The summed E-state index contributed by atoms with van der Waals surface area (Å²) in [6.07, 6.45) is 11.2. The molecule has 1 rings (SSSR count).